The fraction of sp³-hybridized carbons (Fsp3) is 0.462. The van der Waals surface area contributed by atoms with Crippen LogP contribution < -0.4 is 10.1 Å². The lowest BCUT2D eigenvalue weighted by molar-refractivity contribution is -0.0498. The number of benzene rings is 1. The number of nitrogens with zero attached hydrogens (tertiary/aromatic N) is 1. The SMILES string of the molecule is CCCC1CN=C(Nc2ccc(OC(F)F)cc2)S1. The number of amidine groups is 1. The van der Waals surface area contributed by atoms with Crippen molar-refractivity contribution in [2.75, 3.05) is 11.9 Å². The minimum atomic E-state index is -2.79. The first-order chi connectivity index (χ1) is 9.17. The van der Waals surface area contributed by atoms with Gasteiger partial charge in [-0.25, -0.2) is 0 Å². The minimum absolute atomic E-state index is 0.158. The molecule has 0 radical (unpaired) electrons. The van der Waals surface area contributed by atoms with E-state index in [4.69, 9.17) is 0 Å². The van der Waals surface area contributed by atoms with E-state index in [1.54, 1.807) is 23.9 Å². The Labute approximate surface area is 115 Å². The van der Waals surface area contributed by atoms with Crippen LogP contribution in [0.4, 0.5) is 14.5 Å². The second-order valence-corrected chi connectivity index (χ2v) is 5.49. The van der Waals surface area contributed by atoms with E-state index in [1.165, 1.54) is 12.1 Å². The number of ether oxygens (including phenoxy) is 1. The Morgan fingerprint density at radius 1 is 1.42 bits per heavy atom. The molecular formula is C13H16F2N2OS. The van der Waals surface area contributed by atoms with Gasteiger partial charge in [0.1, 0.15) is 5.75 Å². The van der Waals surface area contributed by atoms with Crippen molar-refractivity contribution in [1.29, 1.82) is 0 Å². The van der Waals surface area contributed by atoms with E-state index in [2.05, 4.69) is 22.0 Å². The van der Waals surface area contributed by atoms with Gasteiger partial charge in [0.25, 0.3) is 0 Å². The molecule has 1 aliphatic rings. The van der Waals surface area contributed by atoms with Crippen LogP contribution in [0.5, 0.6) is 5.75 Å². The molecule has 0 saturated carbocycles. The fourth-order valence-corrected chi connectivity index (χ4v) is 2.95. The van der Waals surface area contributed by atoms with Crippen molar-refractivity contribution in [3.05, 3.63) is 24.3 Å². The number of rotatable bonds is 5. The molecule has 1 heterocycles. The quantitative estimate of drug-likeness (QED) is 0.889. The number of nitrogens with one attached hydrogen (secondary N) is 1. The van der Waals surface area contributed by atoms with Gasteiger partial charge in [0, 0.05) is 10.9 Å². The summed E-state index contributed by atoms with van der Waals surface area (Å²) < 4.78 is 28.3. The summed E-state index contributed by atoms with van der Waals surface area (Å²) in [6, 6.07) is 6.43. The molecule has 104 valence electrons. The van der Waals surface area contributed by atoms with Gasteiger partial charge in [-0.1, -0.05) is 25.1 Å². The summed E-state index contributed by atoms with van der Waals surface area (Å²) in [5, 5.41) is 4.62. The van der Waals surface area contributed by atoms with Crippen molar-refractivity contribution in [1.82, 2.24) is 0 Å². The minimum Gasteiger partial charge on any atom is -0.435 e. The molecule has 1 aromatic carbocycles. The predicted molar refractivity (Wildman–Crippen MR) is 75.3 cm³/mol. The van der Waals surface area contributed by atoms with E-state index in [0.717, 1.165) is 30.2 Å². The average molecular weight is 286 g/mol. The molecule has 0 spiro atoms. The lowest BCUT2D eigenvalue weighted by Crippen LogP contribution is -2.07. The summed E-state index contributed by atoms with van der Waals surface area (Å²) >= 11 is 1.73. The summed E-state index contributed by atoms with van der Waals surface area (Å²) in [5.74, 6) is 0.158. The number of anilines is 1. The topological polar surface area (TPSA) is 33.6 Å². The molecule has 1 N–H and O–H groups in total. The number of hydrogen-bond acceptors (Lipinski definition) is 4. The van der Waals surface area contributed by atoms with Crippen molar-refractivity contribution < 1.29 is 13.5 Å². The summed E-state index contributed by atoms with van der Waals surface area (Å²) in [6.07, 6.45) is 2.31. The second-order valence-electron chi connectivity index (χ2n) is 4.20. The van der Waals surface area contributed by atoms with E-state index >= 15 is 0 Å². The molecule has 0 amide bonds. The average Bonchev–Trinajstić information content (AvgIpc) is 2.79. The Morgan fingerprint density at radius 3 is 2.79 bits per heavy atom. The van der Waals surface area contributed by atoms with E-state index < -0.39 is 6.61 Å². The van der Waals surface area contributed by atoms with Gasteiger partial charge < -0.3 is 10.1 Å². The second kappa shape index (κ2) is 6.75. The fourth-order valence-electron chi connectivity index (χ4n) is 1.80. The first-order valence-corrected chi connectivity index (χ1v) is 7.08. The number of hydrogen-bond donors (Lipinski definition) is 1. The standard InChI is InChI=1S/C13H16F2N2OS/c1-2-3-11-8-16-13(19-11)17-9-4-6-10(7-5-9)18-12(14)15/h4-7,11-12H,2-3,8H2,1H3,(H,16,17). The zero-order valence-corrected chi connectivity index (χ0v) is 11.4. The van der Waals surface area contributed by atoms with Crippen LogP contribution in [0.15, 0.2) is 29.3 Å². The van der Waals surface area contributed by atoms with Crippen LogP contribution in [0.3, 0.4) is 0 Å². The molecule has 0 bridgehead atoms. The number of alkyl halides is 2. The highest BCUT2D eigenvalue weighted by atomic mass is 32.2. The van der Waals surface area contributed by atoms with Crippen molar-refractivity contribution in [3.63, 3.8) is 0 Å². The molecule has 19 heavy (non-hydrogen) atoms. The number of halogens is 2. The molecule has 0 saturated heterocycles. The maximum Gasteiger partial charge on any atom is 0.387 e. The van der Waals surface area contributed by atoms with Crippen LogP contribution >= 0.6 is 11.8 Å². The lowest BCUT2D eigenvalue weighted by atomic mass is 10.2. The third kappa shape index (κ3) is 4.38. The molecule has 6 heteroatoms. The maximum absolute atomic E-state index is 12.0. The van der Waals surface area contributed by atoms with Gasteiger partial charge >= 0.3 is 6.61 Å². The lowest BCUT2D eigenvalue weighted by Gasteiger charge is -2.09. The Kier molecular flexibility index (Phi) is 5.01. The van der Waals surface area contributed by atoms with Gasteiger partial charge in [0.15, 0.2) is 5.17 Å². The monoisotopic (exact) mass is 286 g/mol. The van der Waals surface area contributed by atoms with Gasteiger partial charge in [0.2, 0.25) is 0 Å². The Balaban J connectivity index is 1.87. The third-order valence-corrected chi connectivity index (χ3v) is 3.83. The first kappa shape index (κ1) is 14.1. The van der Waals surface area contributed by atoms with E-state index in [1.807, 2.05) is 0 Å². The van der Waals surface area contributed by atoms with Gasteiger partial charge in [-0.2, -0.15) is 8.78 Å². The highest BCUT2D eigenvalue weighted by Gasteiger charge is 2.18. The predicted octanol–water partition coefficient (Wildman–Crippen LogP) is 3.97. The van der Waals surface area contributed by atoms with Crippen molar-refractivity contribution in [2.45, 2.75) is 31.6 Å². The van der Waals surface area contributed by atoms with Crippen molar-refractivity contribution in [3.8, 4) is 5.75 Å². The van der Waals surface area contributed by atoms with E-state index in [0.29, 0.717) is 5.25 Å². The van der Waals surface area contributed by atoms with Crippen LogP contribution in [0.2, 0.25) is 0 Å². The van der Waals surface area contributed by atoms with E-state index in [9.17, 15) is 8.78 Å². The first-order valence-electron chi connectivity index (χ1n) is 6.20. The smallest absolute Gasteiger partial charge is 0.387 e. The van der Waals surface area contributed by atoms with Gasteiger partial charge in [-0.15, -0.1) is 0 Å². The van der Waals surface area contributed by atoms with Crippen LogP contribution in [0, 0.1) is 0 Å². The molecule has 0 aromatic heterocycles. The Bertz CT molecular complexity index is 437. The maximum atomic E-state index is 12.0. The molecule has 0 fully saturated rings. The normalized spacial score (nSPS) is 18.5. The molecule has 1 aliphatic heterocycles. The summed E-state index contributed by atoms with van der Waals surface area (Å²) in [5.41, 5.74) is 0.824. The van der Waals surface area contributed by atoms with Gasteiger partial charge in [-0.05, 0) is 30.7 Å². The molecule has 2 rings (SSSR count). The van der Waals surface area contributed by atoms with Crippen LogP contribution in [-0.2, 0) is 0 Å². The molecule has 1 atom stereocenters. The Hall–Kier alpha value is -1.30. The van der Waals surface area contributed by atoms with Crippen LogP contribution in [-0.4, -0.2) is 23.6 Å². The van der Waals surface area contributed by atoms with Crippen molar-refractivity contribution >= 4 is 22.6 Å². The van der Waals surface area contributed by atoms with Crippen LogP contribution in [0.25, 0.3) is 0 Å². The third-order valence-electron chi connectivity index (χ3n) is 2.66. The molecule has 3 nitrogen and oxygen atoms in total. The summed E-state index contributed by atoms with van der Waals surface area (Å²) in [4.78, 5) is 4.42. The molecule has 1 aromatic rings. The number of aliphatic imine (C=N–C) groups is 1. The van der Waals surface area contributed by atoms with Gasteiger partial charge in [0.05, 0.1) is 6.54 Å². The summed E-state index contributed by atoms with van der Waals surface area (Å²) in [6.45, 7) is 0.213. The number of thioether (sulfide) groups is 1. The molecule has 1 unspecified atom stereocenters. The molecule has 0 aliphatic carbocycles. The highest BCUT2D eigenvalue weighted by molar-refractivity contribution is 8.15. The summed E-state index contributed by atoms with van der Waals surface area (Å²) in [7, 11) is 0. The van der Waals surface area contributed by atoms with Crippen molar-refractivity contribution in [2.24, 2.45) is 4.99 Å². The zero-order valence-electron chi connectivity index (χ0n) is 10.6. The largest absolute Gasteiger partial charge is 0.435 e. The Morgan fingerprint density at radius 2 is 2.16 bits per heavy atom. The highest BCUT2D eigenvalue weighted by Crippen LogP contribution is 2.26. The molecular weight excluding hydrogens is 270 g/mol. The van der Waals surface area contributed by atoms with Gasteiger partial charge in [-0.3, -0.25) is 4.99 Å². The van der Waals surface area contributed by atoms with E-state index in [-0.39, 0.29) is 5.75 Å². The zero-order chi connectivity index (χ0) is 13.7. The van der Waals surface area contributed by atoms with Crippen LogP contribution in [0.1, 0.15) is 19.8 Å².